The van der Waals surface area contributed by atoms with Gasteiger partial charge in [0.25, 0.3) is 0 Å². The van der Waals surface area contributed by atoms with Crippen LogP contribution >= 0.6 is 24.2 Å². The first-order valence-electron chi connectivity index (χ1n) is 14.6. The van der Waals surface area contributed by atoms with E-state index in [0.29, 0.717) is 6.54 Å². The van der Waals surface area contributed by atoms with Crippen LogP contribution < -0.4 is 10.2 Å². The number of nitrogens with one attached hydrogen (secondary N) is 1. The normalized spacial score (nSPS) is 14.7. The van der Waals surface area contributed by atoms with Gasteiger partial charge in [0.15, 0.2) is 0 Å². The number of allylic oxidation sites excluding steroid dienone is 3. The zero-order valence-corrected chi connectivity index (χ0v) is 26.6. The number of anilines is 1. The lowest BCUT2D eigenvalue weighted by molar-refractivity contribution is 0.193. The lowest BCUT2D eigenvalue weighted by Gasteiger charge is -2.32. The van der Waals surface area contributed by atoms with Gasteiger partial charge in [-0.05, 0) is 102 Å². The van der Waals surface area contributed by atoms with Crippen LogP contribution in [0.25, 0.3) is 0 Å². The van der Waals surface area contributed by atoms with Crippen molar-refractivity contribution >= 4 is 29.9 Å². The minimum atomic E-state index is 0.714. The van der Waals surface area contributed by atoms with Gasteiger partial charge in [0, 0.05) is 35.7 Å². The van der Waals surface area contributed by atoms with Gasteiger partial charge >= 0.3 is 0 Å². The first-order valence-corrected chi connectivity index (χ1v) is 15.6. The fourth-order valence-electron chi connectivity index (χ4n) is 4.49. The molecule has 0 unspecified atom stereocenters. The highest BCUT2D eigenvalue weighted by Crippen LogP contribution is 2.20. The summed E-state index contributed by atoms with van der Waals surface area (Å²) in [6.07, 6.45) is 9.58. The van der Waals surface area contributed by atoms with Crippen molar-refractivity contribution in [1.29, 1.82) is 0 Å². The Hall–Kier alpha value is -2.40. The molecule has 0 radical (unpaired) electrons. The molecule has 1 heterocycles. The highest BCUT2D eigenvalue weighted by molar-refractivity contribution is 7.80. The van der Waals surface area contributed by atoms with Crippen LogP contribution in [0, 0.1) is 12.8 Å². The summed E-state index contributed by atoms with van der Waals surface area (Å²) in [5.74, 6) is 1.82. The third kappa shape index (κ3) is 13.8. The van der Waals surface area contributed by atoms with Crippen LogP contribution in [0.3, 0.4) is 0 Å². The molecule has 40 heavy (non-hydrogen) atoms. The maximum atomic E-state index is 6.10. The van der Waals surface area contributed by atoms with Crippen LogP contribution in [-0.4, -0.2) is 43.4 Å². The Morgan fingerprint density at radius 1 is 1.05 bits per heavy atom. The largest absolute Gasteiger partial charge is 0.382 e. The molecule has 2 aromatic carbocycles. The molecule has 3 rings (SSSR count). The lowest BCUT2D eigenvalue weighted by atomic mass is 9.99. The summed E-state index contributed by atoms with van der Waals surface area (Å²) in [5.41, 5.74) is 5.73. The summed E-state index contributed by atoms with van der Waals surface area (Å²) in [4.78, 5) is 4.95. The average Bonchev–Trinajstić information content (AvgIpc) is 2.99. The Bertz CT molecular complexity index is 1060. The van der Waals surface area contributed by atoms with Crippen LogP contribution in [0.2, 0.25) is 0 Å². The van der Waals surface area contributed by atoms with E-state index in [1.807, 2.05) is 31.2 Å². The van der Waals surface area contributed by atoms with E-state index in [4.69, 9.17) is 11.6 Å². The zero-order chi connectivity index (χ0) is 29.2. The maximum absolute atomic E-state index is 6.10. The van der Waals surface area contributed by atoms with Crippen molar-refractivity contribution in [2.45, 2.75) is 52.9 Å². The van der Waals surface area contributed by atoms with Crippen LogP contribution in [-0.2, 0) is 0 Å². The number of likely N-dealkylation sites (tertiary alicyclic amines) is 1. The quantitative estimate of drug-likeness (QED) is 0.132. The van der Waals surface area contributed by atoms with Crippen molar-refractivity contribution in [3.05, 3.63) is 114 Å². The predicted molar refractivity (Wildman–Crippen MR) is 181 cm³/mol. The van der Waals surface area contributed by atoms with E-state index in [-0.39, 0.29) is 0 Å². The van der Waals surface area contributed by atoms with Crippen molar-refractivity contribution in [1.82, 2.24) is 10.2 Å². The van der Waals surface area contributed by atoms with E-state index in [1.54, 1.807) is 0 Å². The number of nitrogens with zero attached hydrogens (tertiary/aromatic N) is 2. The van der Waals surface area contributed by atoms with E-state index < -0.39 is 0 Å². The molecule has 2 aromatic rings. The molecular weight excluding hydrogens is 530 g/mol. The van der Waals surface area contributed by atoms with Gasteiger partial charge in [0.2, 0.25) is 0 Å². The second-order valence-electron chi connectivity index (χ2n) is 10.6. The highest BCUT2D eigenvalue weighted by Gasteiger charge is 2.17. The molecule has 0 amide bonds. The zero-order valence-electron chi connectivity index (χ0n) is 24.9. The minimum Gasteiger partial charge on any atom is -0.382 e. The van der Waals surface area contributed by atoms with Crippen LogP contribution in [0.1, 0.15) is 51.5 Å². The number of thiol groups is 1. The number of para-hydroxylation sites is 1. The van der Waals surface area contributed by atoms with Crippen LogP contribution in [0.4, 0.5) is 5.69 Å². The Morgan fingerprint density at radius 2 is 1.68 bits per heavy atom. The molecule has 0 aliphatic carbocycles. The van der Waals surface area contributed by atoms with Gasteiger partial charge in [-0.25, -0.2) is 0 Å². The van der Waals surface area contributed by atoms with Gasteiger partial charge in [-0.15, -0.1) is 0 Å². The first-order chi connectivity index (χ1) is 19.3. The minimum absolute atomic E-state index is 0.714. The predicted octanol–water partition coefficient (Wildman–Crippen LogP) is 9.01. The van der Waals surface area contributed by atoms with Crippen molar-refractivity contribution < 1.29 is 0 Å². The molecule has 1 fully saturated rings. The van der Waals surface area contributed by atoms with Gasteiger partial charge in [-0.1, -0.05) is 90.5 Å². The molecule has 1 aliphatic heterocycles. The second kappa shape index (κ2) is 19.6. The Balaban J connectivity index is 0.000000693. The van der Waals surface area contributed by atoms with Crippen molar-refractivity contribution in [2.24, 2.45) is 5.92 Å². The number of hydrogen-bond donors (Lipinski definition) is 2. The number of aryl methyl sites for hydroxylation is 1. The van der Waals surface area contributed by atoms with E-state index >= 15 is 0 Å². The third-order valence-electron chi connectivity index (χ3n) is 7.27. The first kappa shape index (κ1) is 33.8. The van der Waals surface area contributed by atoms with Crippen molar-refractivity contribution in [3.63, 3.8) is 0 Å². The summed E-state index contributed by atoms with van der Waals surface area (Å²) >= 11 is 10.6. The van der Waals surface area contributed by atoms with Crippen LogP contribution in [0.15, 0.2) is 108 Å². The molecule has 0 aromatic heterocycles. The number of halogens is 1. The van der Waals surface area contributed by atoms with Gasteiger partial charge < -0.3 is 15.1 Å². The van der Waals surface area contributed by atoms with E-state index in [0.717, 1.165) is 65.9 Å². The molecule has 1 N–H and O–H groups in total. The summed E-state index contributed by atoms with van der Waals surface area (Å²) in [6.45, 7) is 19.8. The molecule has 0 atom stereocenters. The number of benzene rings is 2. The molecular formula is C35H50ClN3S. The summed E-state index contributed by atoms with van der Waals surface area (Å²) < 4.78 is 0. The van der Waals surface area contributed by atoms with Gasteiger partial charge in [-0.3, -0.25) is 0 Å². The molecule has 1 saturated heterocycles. The summed E-state index contributed by atoms with van der Waals surface area (Å²) in [5, 5.41) is 4.32. The lowest BCUT2D eigenvalue weighted by Crippen LogP contribution is -2.36. The van der Waals surface area contributed by atoms with E-state index in [1.165, 1.54) is 37.2 Å². The summed E-state index contributed by atoms with van der Waals surface area (Å²) in [6, 6.07) is 20.9. The van der Waals surface area contributed by atoms with E-state index in [2.05, 4.69) is 103 Å². The van der Waals surface area contributed by atoms with Crippen molar-refractivity contribution in [2.75, 3.05) is 43.4 Å². The van der Waals surface area contributed by atoms with Gasteiger partial charge in [0.05, 0.1) is 0 Å². The third-order valence-corrected chi connectivity index (χ3v) is 8.20. The van der Waals surface area contributed by atoms with Crippen LogP contribution in [0.5, 0.6) is 0 Å². The smallest absolute Gasteiger partial charge is 0.0406 e. The highest BCUT2D eigenvalue weighted by atomic mass is 35.5. The Kier molecular flexibility index (Phi) is 16.6. The average molecular weight is 580 g/mol. The summed E-state index contributed by atoms with van der Waals surface area (Å²) in [7, 11) is 0. The molecule has 3 nitrogen and oxygen atoms in total. The molecule has 0 saturated carbocycles. The fraction of sp³-hybridized carbons (Fsp3) is 0.429. The maximum Gasteiger partial charge on any atom is 0.0406 e. The number of hydrogen-bond acceptors (Lipinski definition) is 4. The fourth-order valence-corrected chi connectivity index (χ4v) is 4.95. The SMILES string of the molecule is C=C(CC/C(Cl)=C\C)CNC(=C)/C(C)=C/N(CCCN1CCC(CS)CC1)c1ccccc1.Cc1ccccc1. The van der Waals surface area contributed by atoms with Crippen molar-refractivity contribution in [3.8, 4) is 0 Å². The molecule has 0 bridgehead atoms. The van der Waals surface area contributed by atoms with Gasteiger partial charge in [0.1, 0.15) is 0 Å². The van der Waals surface area contributed by atoms with E-state index in [9.17, 15) is 0 Å². The topological polar surface area (TPSA) is 18.5 Å². The molecule has 0 spiro atoms. The van der Waals surface area contributed by atoms with Gasteiger partial charge in [-0.2, -0.15) is 12.6 Å². The Morgan fingerprint density at radius 3 is 2.23 bits per heavy atom. The number of piperidine rings is 1. The number of rotatable bonds is 14. The monoisotopic (exact) mass is 579 g/mol. The second-order valence-corrected chi connectivity index (χ2v) is 11.5. The molecule has 5 heteroatoms. The molecule has 218 valence electrons. The molecule has 1 aliphatic rings. The standard InChI is InChI=1S/C28H42ClN3S.C7H8/c1-5-27(29)13-12-23(2)20-30-25(4)24(3)21-32(28-10-7-6-8-11-28)17-9-16-31-18-14-26(22-33)15-19-31;1-7-5-3-2-4-6-7/h5-8,10-11,21,26,30,33H,2,4,9,12-20,22H2,1,3H3;2-6H,1H3/b24-21+,27-5+;. The Labute approximate surface area is 255 Å².